The van der Waals surface area contributed by atoms with Crippen molar-refractivity contribution in [1.29, 1.82) is 0 Å². The first-order chi connectivity index (χ1) is 7.18. The van der Waals surface area contributed by atoms with Crippen molar-refractivity contribution in [3.63, 3.8) is 0 Å². The summed E-state index contributed by atoms with van der Waals surface area (Å²) in [6.07, 6.45) is 4.38. The minimum atomic E-state index is -1.04. The second-order valence-electron chi connectivity index (χ2n) is 3.52. The minimum Gasteiger partial charge on any atom is -0.483 e. The van der Waals surface area contributed by atoms with Gasteiger partial charge in [0.15, 0.2) is 6.61 Å². The summed E-state index contributed by atoms with van der Waals surface area (Å²) in [5.41, 5.74) is 0.666. The molecule has 1 saturated heterocycles. The molecule has 0 aromatic rings. The Kier molecular flexibility index (Phi) is 2.79. The average molecular weight is 210 g/mol. The number of carboxylic acid groups (broad SMARTS) is 1. The van der Waals surface area contributed by atoms with Crippen molar-refractivity contribution in [2.45, 2.75) is 6.42 Å². The van der Waals surface area contributed by atoms with Gasteiger partial charge in [0.05, 0.1) is 0 Å². The van der Waals surface area contributed by atoms with Crippen LogP contribution >= 0.6 is 0 Å². The first-order valence-electron chi connectivity index (χ1n) is 4.73. The van der Waals surface area contributed by atoms with E-state index in [0.29, 0.717) is 17.8 Å². The van der Waals surface area contributed by atoms with Gasteiger partial charge < -0.3 is 19.5 Å². The van der Waals surface area contributed by atoms with Gasteiger partial charge in [-0.05, 0) is 12.5 Å². The summed E-state index contributed by atoms with van der Waals surface area (Å²) in [5.74, 6) is -0.487. The number of carbonyl (C=O) groups is 1. The van der Waals surface area contributed by atoms with Crippen LogP contribution in [0.2, 0.25) is 0 Å². The van der Waals surface area contributed by atoms with Crippen LogP contribution in [0.1, 0.15) is 6.42 Å². The molecule has 6 heteroatoms. The van der Waals surface area contributed by atoms with E-state index in [0.717, 1.165) is 6.42 Å². The lowest BCUT2D eigenvalue weighted by atomic mass is 9.71. The zero-order chi connectivity index (χ0) is 10.8. The SMILES string of the molecule is O=C(O)COC1=C2B(O)OCC2CC=C1. The van der Waals surface area contributed by atoms with Crippen LogP contribution in [-0.4, -0.2) is 36.4 Å². The maximum atomic E-state index is 10.4. The molecule has 2 rings (SSSR count). The van der Waals surface area contributed by atoms with Crippen molar-refractivity contribution in [2.75, 3.05) is 13.2 Å². The molecule has 1 unspecified atom stereocenters. The van der Waals surface area contributed by atoms with E-state index in [1.807, 2.05) is 6.08 Å². The first kappa shape index (κ1) is 10.3. The molecule has 1 aliphatic carbocycles. The molecule has 2 aliphatic rings. The Morgan fingerprint density at radius 3 is 3.27 bits per heavy atom. The Morgan fingerprint density at radius 1 is 1.73 bits per heavy atom. The van der Waals surface area contributed by atoms with Crippen LogP contribution in [-0.2, 0) is 14.2 Å². The van der Waals surface area contributed by atoms with Crippen molar-refractivity contribution in [3.8, 4) is 0 Å². The fourth-order valence-electron chi connectivity index (χ4n) is 1.81. The van der Waals surface area contributed by atoms with E-state index < -0.39 is 19.7 Å². The molecule has 0 amide bonds. The largest absolute Gasteiger partial charge is 0.491 e. The Labute approximate surface area is 87.1 Å². The van der Waals surface area contributed by atoms with E-state index in [1.54, 1.807) is 6.08 Å². The zero-order valence-electron chi connectivity index (χ0n) is 8.05. The van der Waals surface area contributed by atoms with Crippen LogP contribution in [0.3, 0.4) is 0 Å². The summed E-state index contributed by atoms with van der Waals surface area (Å²) in [4.78, 5) is 10.4. The average Bonchev–Trinajstić information content (AvgIpc) is 2.58. The van der Waals surface area contributed by atoms with E-state index in [4.69, 9.17) is 14.5 Å². The van der Waals surface area contributed by atoms with Crippen molar-refractivity contribution in [2.24, 2.45) is 5.92 Å². The van der Waals surface area contributed by atoms with Gasteiger partial charge in [0, 0.05) is 18.0 Å². The Morgan fingerprint density at radius 2 is 2.53 bits per heavy atom. The summed E-state index contributed by atoms with van der Waals surface area (Å²) in [7, 11) is -0.955. The number of hydrogen-bond acceptors (Lipinski definition) is 4. The fourth-order valence-corrected chi connectivity index (χ4v) is 1.81. The predicted molar refractivity (Wildman–Crippen MR) is 51.8 cm³/mol. The highest BCUT2D eigenvalue weighted by atomic mass is 16.5. The van der Waals surface area contributed by atoms with E-state index in [9.17, 15) is 9.82 Å². The topological polar surface area (TPSA) is 76.0 Å². The molecule has 5 nitrogen and oxygen atoms in total. The molecule has 1 atom stereocenters. The van der Waals surface area contributed by atoms with E-state index in [-0.39, 0.29) is 5.92 Å². The number of ether oxygens (including phenoxy) is 1. The van der Waals surface area contributed by atoms with Gasteiger partial charge in [-0.25, -0.2) is 4.79 Å². The van der Waals surface area contributed by atoms with Crippen LogP contribution in [0, 0.1) is 5.92 Å². The normalized spacial score (nSPS) is 24.3. The Hall–Kier alpha value is -1.27. The molecular weight excluding hydrogens is 199 g/mol. The quantitative estimate of drug-likeness (QED) is 0.639. The zero-order valence-corrected chi connectivity index (χ0v) is 8.05. The van der Waals surface area contributed by atoms with Gasteiger partial charge in [0.2, 0.25) is 0 Å². The van der Waals surface area contributed by atoms with Gasteiger partial charge in [-0.3, -0.25) is 0 Å². The monoisotopic (exact) mass is 210 g/mol. The summed E-state index contributed by atoms with van der Waals surface area (Å²) in [5, 5.41) is 18.0. The van der Waals surface area contributed by atoms with Crippen molar-refractivity contribution >= 4 is 13.1 Å². The van der Waals surface area contributed by atoms with Crippen LogP contribution in [0.15, 0.2) is 23.4 Å². The van der Waals surface area contributed by atoms with Gasteiger partial charge in [0.25, 0.3) is 0 Å². The van der Waals surface area contributed by atoms with Crippen molar-refractivity contribution < 1.29 is 24.3 Å². The summed E-state index contributed by atoms with van der Waals surface area (Å²) < 4.78 is 10.1. The number of rotatable bonds is 3. The van der Waals surface area contributed by atoms with Crippen molar-refractivity contribution in [1.82, 2.24) is 0 Å². The predicted octanol–water partition coefficient (Wildman–Crippen LogP) is -0.0323. The molecule has 0 aromatic carbocycles. The molecule has 1 fully saturated rings. The minimum absolute atomic E-state index is 0.119. The number of aliphatic carboxylic acids is 1. The molecule has 1 aliphatic heterocycles. The molecule has 2 N–H and O–H groups in total. The van der Waals surface area contributed by atoms with Gasteiger partial charge >= 0.3 is 13.1 Å². The molecule has 1 heterocycles. The highest BCUT2D eigenvalue weighted by molar-refractivity contribution is 6.53. The molecule has 0 aromatic heterocycles. The maximum Gasteiger partial charge on any atom is 0.491 e. The lowest BCUT2D eigenvalue weighted by Crippen LogP contribution is -2.20. The molecule has 15 heavy (non-hydrogen) atoms. The van der Waals surface area contributed by atoms with Gasteiger partial charge in [0.1, 0.15) is 5.76 Å². The Balaban J connectivity index is 2.15. The molecule has 0 radical (unpaired) electrons. The van der Waals surface area contributed by atoms with Crippen LogP contribution < -0.4 is 0 Å². The molecular formula is C9H11BO5. The van der Waals surface area contributed by atoms with E-state index >= 15 is 0 Å². The lowest BCUT2D eigenvalue weighted by Gasteiger charge is -2.17. The second-order valence-corrected chi connectivity index (χ2v) is 3.52. The van der Waals surface area contributed by atoms with Crippen LogP contribution in [0.5, 0.6) is 0 Å². The first-order valence-corrected chi connectivity index (χ1v) is 4.73. The smallest absolute Gasteiger partial charge is 0.483 e. The van der Waals surface area contributed by atoms with Gasteiger partial charge in [-0.2, -0.15) is 0 Å². The molecule has 80 valence electrons. The third kappa shape index (κ3) is 2.05. The highest BCUT2D eigenvalue weighted by Crippen LogP contribution is 2.32. The summed E-state index contributed by atoms with van der Waals surface area (Å²) in [6, 6.07) is 0. The molecule has 0 bridgehead atoms. The fraction of sp³-hybridized carbons (Fsp3) is 0.444. The van der Waals surface area contributed by atoms with Crippen molar-refractivity contribution in [3.05, 3.63) is 23.4 Å². The van der Waals surface area contributed by atoms with Crippen LogP contribution in [0.25, 0.3) is 0 Å². The standard InChI is InChI=1S/C9H11BO5/c11-8(12)5-14-7-3-1-2-6-4-15-10(13)9(6)7/h1,3,6,13H,2,4-5H2,(H,11,12). The number of hydrogen-bond donors (Lipinski definition) is 2. The van der Waals surface area contributed by atoms with Gasteiger partial charge in [-0.15, -0.1) is 0 Å². The second kappa shape index (κ2) is 4.08. The number of fused-ring (bicyclic) bond motifs is 1. The summed E-state index contributed by atoms with van der Waals surface area (Å²) in [6.45, 7) is 0.0589. The lowest BCUT2D eigenvalue weighted by molar-refractivity contribution is -0.140. The number of allylic oxidation sites excluding steroid dienone is 2. The van der Waals surface area contributed by atoms with E-state index in [2.05, 4.69) is 0 Å². The van der Waals surface area contributed by atoms with Gasteiger partial charge in [-0.1, -0.05) is 6.08 Å². The summed E-state index contributed by atoms with van der Waals surface area (Å²) >= 11 is 0. The molecule has 0 saturated carbocycles. The van der Waals surface area contributed by atoms with Crippen LogP contribution in [0.4, 0.5) is 0 Å². The maximum absolute atomic E-state index is 10.4. The third-order valence-electron chi connectivity index (χ3n) is 2.49. The highest BCUT2D eigenvalue weighted by Gasteiger charge is 2.38. The van der Waals surface area contributed by atoms with E-state index in [1.165, 1.54) is 0 Å². The third-order valence-corrected chi connectivity index (χ3v) is 2.49. The number of carboxylic acids is 1. The Bertz CT molecular complexity index is 335. The molecule has 0 spiro atoms.